The molecule has 1 N–H and O–H groups in total. The van der Waals surface area contributed by atoms with Crippen LogP contribution in [0, 0.1) is 13.8 Å². The van der Waals surface area contributed by atoms with Gasteiger partial charge in [-0.1, -0.05) is 26.3 Å². The number of hydrogen-bond donors (Lipinski definition) is 1. The first-order chi connectivity index (χ1) is 10.2. The maximum Gasteiger partial charge on any atom is 0.326 e. The lowest BCUT2D eigenvalue weighted by Crippen LogP contribution is -2.56. The van der Waals surface area contributed by atoms with Crippen LogP contribution >= 0.6 is 0 Å². The van der Waals surface area contributed by atoms with Crippen LogP contribution in [-0.2, 0) is 4.79 Å². The summed E-state index contributed by atoms with van der Waals surface area (Å²) in [7, 11) is 0. The number of nitrogens with zero attached hydrogens (tertiary/aromatic N) is 1. The fraction of sp³-hybridized carbons (Fsp3) is 0.632. The molecule has 0 spiro atoms. The van der Waals surface area contributed by atoms with Crippen LogP contribution in [0.25, 0.3) is 0 Å². The topological polar surface area (TPSA) is 40.5 Å². The number of aryl methyl sites for hydroxylation is 2. The van der Waals surface area contributed by atoms with Gasteiger partial charge in [0.25, 0.3) is 0 Å². The highest BCUT2D eigenvalue weighted by Gasteiger charge is 2.42. The van der Waals surface area contributed by atoms with E-state index in [0.29, 0.717) is 12.3 Å². The molecule has 1 aliphatic heterocycles. The number of anilines is 1. The predicted molar refractivity (Wildman–Crippen MR) is 91.8 cm³/mol. The third-order valence-corrected chi connectivity index (χ3v) is 5.05. The minimum Gasteiger partial charge on any atom is -0.480 e. The van der Waals surface area contributed by atoms with Gasteiger partial charge in [0.1, 0.15) is 6.04 Å². The number of benzene rings is 1. The Morgan fingerprint density at radius 3 is 2.50 bits per heavy atom. The molecule has 1 aromatic rings. The van der Waals surface area contributed by atoms with E-state index in [1.165, 1.54) is 16.7 Å². The molecule has 0 aliphatic carbocycles. The van der Waals surface area contributed by atoms with Crippen molar-refractivity contribution in [3.05, 3.63) is 28.8 Å². The Labute approximate surface area is 134 Å². The molecular weight excluding hydrogens is 274 g/mol. The summed E-state index contributed by atoms with van der Waals surface area (Å²) in [5.74, 6) is -0.259. The molecule has 0 aromatic heterocycles. The molecule has 2 rings (SSSR count). The van der Waals surface area contributed by atoms with Gasteiger partial charge < -0.3 is 10.0 Å². The van der Waals surface area contributed by atoms with Crippen molar-refractivity contribution in [2.45, 2.75) is 78.3 Å². The lowest BCUT2D eigenvalue weighted by atomic mass is 9.78. The summed E-state index contributed by atoms with van der Waals surface area (Å²) in [5, 5.41) is 9.76. The van der Waals surface area contributed by atoms with E-state index < -0.39 is 12.0 Å². The third-order valence-electron chi connectivity index (χ3n) is 5.05. The number of aliphatic carboxylic acids is 1. The van der Waals surface area contributed by atoms with Crippen molar-refractivity contribution < 1.29 is 9.90 Å². The Morgan fingerprint density at radius 2 is 1.95 bits per heavy atom. The maximum atomic E-state index is 11.9. The Balaban J connectivity index is 2.63. The zero-order valence-corrected chi connectivity index (χ0v) is 14.7. The molecule has 0 radical (unpaired) electrons. The predicted octanol–water partition coefficient (Wildman–Crippen LogP) is 4.65. The molecular formula is C19H29NO2. The first kappa shape index (κ1) is 16.9. The van der Waals surface area contributed by atoms with Crippen molar-refractivity contribution in [2.24, 2.45) is 0 Å². The van der Waals surface area contributed by atoms with E-state index in [0.717, 1.165) is 18.5 Å². The molecule has 0 saturated heterocycles. The lowest BCUT2D eigenvalue weighted by Gasteiger charge is -2.50. The van der Waals surface area contributed by atoms with E-state index in [-0.39, 0.29) is 5.54 Å². The standard InChI is InChI=1S/C19H29NO2/c1-7-8-16(18(21)22)20-17-10-13(3)12(2)9-15(17)14(4)11-19(20,5)6/h9-10,14,16H,7-8,11H2,1-6H3,(H,21,22)/t14-,16+/m1/s1. The van der Waals surface area contributed by atoms with Gasteiger partial charge >= 0.3 is 5.97 Å². The Hall–Kier alpha value is -1.51. The molecule has 1 heterocycles. The summed E-state index contributed by atoms with van der Waals surface area (Å²) in [4.78, 5) is 14.0. The molecule has 3 nitrogen and oxygen atoms in total. The minimum absolute atomic E-state index is 0.146. The van der Waals surface area contributed by atoms with E-state index in [4.69, 9.17) is 0 Å². The van der Waals surface area contributed by atoms with Crippen LogP contribution in [0.15, 0.2) is 12.1 Å². The maximum absolute atomic E-state index is 11.9. The zero-order chi connectivity index (χ0) is 16.7. The molecule has 1 aromatic carbocycles. The second-order valence-corrected chi connectivity index (χ2v) is 7.43. The number of carboxylic acids is 1. The van der Waals surface area contributed by atoms with Crippen molar-refractivity contribution in [2.75, 3.05) is 4.90 Å². The fourth-order valence-corrected chi connectivity index (χ4v) is 3.94. The van der Waals surface area contributed by atoms with Crippen molar-refractivity contribution in [3.63, 3.8) is 0 Å². The third kappa shape index (κ3) is 2.86. The summed E-state index contributed by atoms with van der Waals surface area (Å²) in [6.45, 7) is 12.9. The minimum atomic E-state index is -0.714. The van der Waals surface area contributed by atoms with Crippen LogP contribution in [-0.4, -0.2) is 22.7 Å². The number of hydrogen-bond acceptors (Lipinski definition) is 2. The van der Waals surface area contributed by atoms with Crippen molar-refractivity contribution in [1.29, 1.82) is 0 Å². The second-order valence-electron chi connectivity index (χ2n) is 7.43. The quantitative estimate of drug-likeness (QED) is 0.880. The monoisotopic (exact) mass is 303 g/mol. The number of fused-ring (bicyclic) bond motifs is 1. The smallest absolute Gasteiger partial charge is 0.326 e. The van der Waals surface area contributed by atoms with E-state index >= 15 is 0 Å². The van der Waals surface area contributed by atoms with Gasteiger partial charge in [0.15, 0.2) is 0 Å². The summed E-state index contributed by atoms with van der Waals surface area (Å²) >= 11 is 0. The van der Waals surface area contributed by atoms with E-state index in [2.05, 4.69) is 58.6 Å². The second kappa shape index (κ2) is 5.94. The molecule has 1 aliphatic rings. The van der Waals surface area contributed by atoms with E-state index in [1.54, 1.807) is 0 Å². The first-order valence-electron chi connectivity index (χ1n) is 8.32. The van der Waals surface area contributed by atoms with Crippen LogP contribution in [0.2, 0.25) is 0 Å². The van der Waals surface area contributed by atoms with Gasteiger partial charge in [0.05, 0.1) is 0 Å². The van der Waals surface area contributed by atoms with Crippen LogP contribution in [0.3, 0.4) is 0 Å². The van der Waals surface area contributed by atoms with Gasteiger partial charge in [0, 0.05) is 11.2 Å². The Kier molecular flexibility index (Phi) is 4.55. The van der Waals surface area contributed by atoms with Crippen LogP contribution in [0.1, 0.15) is 69.6 Å². The van der Waals surface area contributed by atoms with Gasteiger partial charge in [-0.3, -0.25) is 0 Å². The van der Waals surface area contributed by atoms with Crippen molar-refractivity contribution in [1.82, 2.24) is 0 Å². The molecule has 22 heavy (non-hydrogen) atoms. The molecule has 0 bridgehead atoms. The highest BCUT2D eigenvalue weighted by molar-refractivity contribution is 5.80. The molecule has 0 amide bonds. The van der Waals surface area contributed by atoms with Crippen molar-refractivity contribution >= 4 is 11.7 Å². The van der Waals surface area contributed by atoms with Gasteiger partial charge in [-0.25, -0.2) is 4.79 Å². The van der Waals surface area contributed by atoms with Crippen LogP contribution < -0.4 is 4.90 Å². The average molecular weight is 303 g/mol. The SMILES string of the molecule is CCC[C@@H](C(=O)O)N1c2cc(C)c(C)cc2[C@H](C)CC1(C)C. The highest BCUT2D eigenvalue weighted by atomic mass is 16.4. The van der Waals surface area contributed by atoms with Crippen LogP contribution in [0.5, 0.6) is 0 Å². The largest absolute Gasteiger partial charge is 0.480 e. The summed E-state index contributed by atoms with van der Waals surface area (Å²) in [5.41, 5.74) is 4.78. The number of carbonyl (C=O) groups is 1. The highest BCUT2D eigenvalue weighted by Crippen LogP contribution is 2.45. The normalized spacial score (nSPS) is 21.4. The molecule has 0 fully saturated rings. The van der Waals surface area contributed by atoms with Gasteiger partial charge in [0.2, 0.25) is 0 Å². The Bertz CT molecular complexity index is 577. The summed E-state index contributed by atoms with van der Waals surface area (Å²) in [6.07, 6.45) is 2.54. The lowest BCUT2D eigenvalue weighted by molar-refractivity contribution is -0.139. The average Bonchev–Trinajstić information content (AvgIpc) is 2.39. The summed E-state index contributed by atoms with van der Waals surface area (Å²) in [6, 6.07) is 3.99. The fourth-order valence-electron chi connectivity index (χ4n) is 3.94. The van der Waals surface area contributed by atoms with E-state index in [9.17, 15) is 9.90 Å². The molecule has 122 valence electrons. The number of carboxylic acid groups (broad SMARTS) is 1. The molecule has 2 atom stereocenters. The van der Waals surface area contributed by atoms with Gasteiger partial charge in [-0.05, 0) is 69.2 Å². The van der Waals surface area contributed by atoms with Gasteiger partial charge in [-0.15, -0.1) is 0 Å². The molecule has 0 saturated carbocycles. The van der Waals surface area contributed by atoms with E-state index in [1.807, 2.05) is 0 Å². The molecule has 0 unspecified atom stereocenters. The Morgan fingerprint density at radius 1 is 1.36 bits per heavy atom. The van der Waals surface area contributed by atoms with Gasteiger partial charge in [-0.2, -0.15) is 0 Å². The first-order valence-corrected chi connectivity index (χ1v) is 8.32. The number of rotatable bonds is 4. The molecule has 3 heteroatoms. The summed E-state index contributed by atoms with van der Waals surface area (Å²) < 4.78 is 0. The zero-order valence-electron chi connectivity index (χ0n) is 14.7. The van der Waals surface area contributed by atoms with Crippen molar-refractivity contribution in [3.8, 4) is 0 Å². The van der Waals surface area contributed by atoms with Crippen LogP contribution in [0.4, 0.5) is 5.69 Å².